The Hall–Kier alpha value is -1.65. The van der Waals surface area contributed by atoms with E-state index in [0.717, 1.165) is 36.6 Å². The maximum atomic E-state index is 10.2. The van der Waals surface area contributed by atoms with Crippen LogP contribution in [0.1, 0.15) is 17.5 Å². The summed E-state index contributed by atoms with van der Waals surface area (Å²) >= 11 is 5.87. The molecule has 0 spiro atoms. The van der Waals surface area contributed by atoms with Gasteiger partial charge in [0, 0.05) is 11.4 Å². The van der Waals surface area contributed by atoms with E-state index < -0.39 is 6.10 Å². The standard InChI is InChI=1S/C21H24ClNO2/c22-20-8-6-17(7-9-20)15-25-16-21(24)14-23-12-10-19(11-13-23)18-4-2-1-3-5-18/h1-10,21,24H,11-16H2/p+1/t21-/m1/s1. The molecule has 0 amide bonds. The van der Waals surface area contributed by atoms with Gasteiger partial charge in [-0.1, -0.05) is 54.1 Å². The molecule has 3 nitrogen and oxygen atoms in total. The number of benzene rings is 2. The topological polar surface area (TPSA) is 33.9 Å². The first-order valence-electron chi connectivity index (χ1n) is 8.79. The van der Waals surface area contributed by atoms with Crippen LogP contribution in [0.3, 0.4) is 0 Å². The van der Waals surface area contributed by atoms with Gasteiger partial charge in [-0.2, -0.15) is 0 Å². The van der Waals surface area contributed by atoms with Crippen LogP contribution in [0.15, 0.2) is 60.7 Å². The van der Waals surface area contributed by atoms with E-state index in [4.69, 9.17) is 16.3 Å². The fourth-order valence-electron chi connectivity index (χ4n) is 3.17. The first-order valence-corrected chi connectivity index (χ1v) is 9.17. The van der Waals surface area contributed by atoms with Crippen LogP contribution in [0.25, 0.3) is 5.57 Å². The molecule has 25 heavy (non-hydrogen) atoms. The van der Waals surface area contributed by atoms with Crippen molar-refractivity contribution >= 4 is 17.2 Å². The van der Waals surface area contributed by atoms with Gasteiger partial charge < -0.3 is 14.7 Å². The third-order valence-corrected chi connectivity index (χ3v) is 4.80. The zero-order valence-electron chi connectivity index (χ0n) is 14.3. The van der Waals surface area contributed by atoms with Crippen LogP contribution in [-0.4, -0.2) is 37.5 Å². The SMILES string of the molecule is O[C@@H](COCc1ccc(Cl)cc1)C[NH+]1CC=C(c2ccccc2)CC1. The molecular weight excluding hydrogens is 334 g/mol. The number of hydrogen-bond donors (Lipinski definition) is 2. The first-order chi connectivity index (χ1) is 12.2. The second kappa shape index (κ2) is 9.16. The van der Waals surface area contributed by atoms with Crippen molar-refractivity contribution < 1.29 is 14.7 Å². The summed E-state index contributed by atoms with van der Waals surface area (Å²) in [4.78, 5) is 1.40. The van der Waals surface area contributed by atoms with E-state index in [1.807, 2.05) is 30.3 Å². The molecule has 0 saturated heterocycles. The summed E-state index contributed by atoms with van der Waals surface area (Å²) in [6.07, 6.45) is 2.92. The molecule has 2 aromatic carbocycles. The summed E-state index contributed by atoms with van der Waals surface area (Å²) in [6, 6.07) is 18.1. The molecule has 0 aromatic heterocycles. The molecular formula is C21H25ClNO2+. The minimum Gasteiger partial charge on any atom is -0.385 e. The van der Waals surface area contributed by atoms with E-state index in [1.165, 1.54) is 16.0 Å². The lowest BCUT2D eigenvalue weighted by Crippen LogP contribution is -3.13. The lowest BCUT2D eigenvalue weighted by Gasteiger charge is -2.25. The molecule has 2 atom stereocenters. The summed E-state index contributed by atoms with van der Waals surface area (Å²) in [5, 5.41) is 10.9. The van der Waals surface area contributed by atoms with E-state index >= 15 is 0 Å². The monoisotopic (exact) mass is 358 g/mol. The van der Waals surface area contributed by atoms with Crippen LogP contribution in [-0.2, 0) is 11.3 Å². The Bertz CT molecular complexity index is 685. The molecule has 2 aromatic rings. The fourth-order valence-corrected chi connectivity index (χ4v) is 3.29. The van der Waals surface area contributed by atoms with Gasteiger partial charge in [-0.3, -0.25) is 0 Å². The predicted octanol–water partition coefficient (Wildman–Crippen LogP) is 2.59. The van der Waals surface area contributed by atoms with E-state index in [2.05, 4.69) is 30.3 Å². The van der Waals surface area contributed by atoms with Crippen molar-refractivity contribution in [1.29, 1.82) is 0 Å². The molecule has 0 saturated carbocycles. The summed E-state index contributed by atoms with van der Waals surface area (Å²) in [7, 11) is 0. The van der Waals surface area contributed by atoms with Crippen LogP contribution in [0, 0.1) is 0 Å². The molecule has 3 rings (SSSR count). The molecule has 0 bridgehead atoms. The second-order valence-corrected chi connectivity index (χ2v) is 6.99. The van der Waals surface area contributed by atoms with Gasteiger partial charge >= 0.3 is 0 Å². The van der Waals surface area contributed by atoms with Gasteiger partial charge in [0.15, 0.2) is 0 Å². The smallest absolute Gasteiger partial charge is 0.126 e. The van der Waals surface area contributed by atoms with Crippen molar-refractivity contribution in [2.24, 2.45) is 0 Å². The Morgan fingerprint density at radius 3 is 2.52 bits per heavy atom. The largest absolute Gasteiger partial charge is 0.385 e. The minimum atomic E-state index is -0.436. The van der Waals surface area contributed by atoms with E-state index in [1.54, 1.807) is 0 Å². The number of aliphatic hydroxyl groups is 1. The zero-order valence-corrected chi connectivity index (χ0v) is 15.1. The molecule has 4 heteroatoms. The molecule has 2 N–H and O–H groups in total. The third kappa shape index (κ3) is 5.68. The number of ether oxygens (including phenoxy) is 1. The van der Waals surface area contributed by atoms with Gasteiger partial charge in [0.05, 0.1) is 26.3 Å². The van der Waals surface area contributed by atoms with Crippen LogP contribution < -0.4 is 4.90 Å². The number of nitrogens with one attached hydrogen (secondary N) is 1. The van der Waals surface area contributed by atoms with E-state index in [0.29, 0.717) is 13.2 Å². The number of hydrogen-bond acceptors (Lipinski definition) is 2. The Balaban J connectivity index is 1.39. The third-order valence-electron chi connectivity index (χ3n) is 4.55. The van der Waals surface area contributed by atoms with Crippen LogP contribution >= 0.6 is 11.6 Å². The van der Waals surface area contributed by atoms with Crippen LogP contribution in [0.2, 0.25) is 5.02 Å². The summed E-state index contributed by atoms with van der Waals surface area (Å²) in [5.41, 5.74) is 3.79. The van der Waals surface area contributed by atoms with Crippen molar-refractivity contribution in [2.75, 3.05) is 26.2 Å². The van der Waals surface area contributed by atoms with Crippen molar-refractivity contribution in [3.05, 3.63) is 76.8 Å². The highest BCUT2D eigenvalue weighted by atomic mass is 35.5. The van der Waals surface area contributed by atoms with Gasteiger partial charge in [0.1, 0.15) is 12.6 Å². The average Bonchev–Trinajstić information content (AvgIpc) is 2.65. The van der Waals surface area contributed by atoms with Crippen molar-refractivity contribution in [3.63, 3.8) is 0 Å². The number of rotatable bonds is 7. The molecule has 1 heterocycles. The minimum absolute atomic E-state index is 0.362. The molecule has 1 aliphatic rings. The van der Waals surface area contributed by atoms with E-state index in [-0.39, 0.29) is 0 Å². The maximum Gasteiger partial charge on any atom is 0.126 e. The van der Waals surface area contributed by atoms with Crippen LogP contribution in [0.5, 0.6) is 0 Å². The van der Waals surface area contributed by atoms with Crippen molar-refractivity contribution in [3.8, 4) is 0 Å². The first kappa shape index (κ1) is 18.2. The highest BCUT2D eigenvalue weighted by Crippen LogP contribution is 2.17. The number of aliphatic hydroxyl groups excluding tert-OH is 1. The van der Waals surface area contributed by atoms with Crippen molar-refractivity contribution in [1.82, 2.24) is 0 Å². The Morgan fingerprint density at radius 2 is 1.84 bits per heavy atom. The van der Waals surface area contributed by atoms with Crippen LogP contribution in [0.4, 0.5) is 0 Å². The molecule has 1 aliphatic heterocycles. The Labute approximate surface area is 154 Å². The quantitative estimate of drug-likeness (QED) is 0.797. The molecule has 1 unspecified atom stereocenters. The average molecular weight is 359 g/mol. The molecule has 0 radical (unpaired) electrons. The normalized spacial score (nSPS) is 18.6. The molecule has 0 fully saturated rings. The lowest BCUT2D eigenvalue weighted by atomic mass is 9.99. The predicted molar refractivity (Wildman–Crippen MR) is 102 cm³/mol. The number of halogens is 1. The van der Waals surface area contributed by atoms with Gasteiger partial charge in [-0.15, -0.1) is 0 Å². The Kier molecular flexibility index (Phi) is 6.65. The summed E-state index contributed by atoms with van der Waals surface area (Å²) in [5.74, 6) is 0. The van der Waals surface area contributed by atoms with Gasteiger partial charge in [0.25, 0.3) is 0 Å². The van der Waals surface area contributed by atoms with Crippen molar-refractivity contribution in [2.45, 2.75) is 19.1 Å². The van der Waals surface area contributed by atoms with E-state index in [9.17, 15) is 5.11 Å². The maximum absolute atomic E-state index is 10.2. The molecule has 132 valence electrons. The number of quaternary nitrogens is 1. The fraction of sp³-hybridized carbons (Fsp3) is 0.333. The van der Waals surface area contributed by atoms with Gasteiger partial charge in [0.2, 0.25) is 0 Å². The summed E-state index contributed by atoms with van der Waals surface area (Å²) < 4.78 is 5.63. The van der Waals surface area contributed by atoms with Gasteiger partial charge in [-0.05, 0) is 34.9 Å². The second-order valence-electron chi connectivity index (χ2n) is 6.55. The Morgan fingerprint density at radius 1 is 1.08 bits per heavy atom. The zero-order chi connectivity index (χ0) is 17.5. The lowest BCUT2D eigenvalue weighted by molar-refractivity contribution is -0.898. The summed E-state index contributed by atoms with van der Waals surface area (Å²) in [6.45, 7) is 3.59. The van der Waals surface area contributed by atoms with Gasteiger partial charge in [-0.25, -0.2) is 0 Å². The highest BCUT2D eigenvalue weighted by molar-refractivity contribution is 6.30. The molecule has 0 aliphatic carbocycles. The highest BCUT2D eigenvalue weighted by Gasteiger charge is 2.19.